The maximum Gasteiger partial charge on any atom is 0.213 e. The van der Waals surface area contributed by atoms with Gasteiger partial charge in [-0.1, -0.05) is 13.0 Å². The molecule has 0 aliphatic heterocycles. The quantitative estimate of drug-likeness (QED) is 0.731. The summed E-state index contributed by atoms with van der Waals surface area (Å²) < 4.78 is 15.7. The van der Waals surface area contributed by atoms with Crippen LogP contribution in [0, 0.1) is 0 Å². The van der Waals surface area contributed by atoms with Crippen LogP contribution in [-0.4, -0.2) is 31.4 Å². The summed E-state index contributed by atoms with van der Waals surface area (Å²) in [5, 5.41) is 6.96. The first kappa shape index (κ1) is 18.8. The molecule has 1 aromatic carbocycles. The highest BCUT2D eigenvalue weighted by atomic mass is 32.1. The molecular weight excluding hydrogens is 338 g/mol. The van der Waals surface area contributed by atoms with Crippen molar-refractivity contribution in [2.24, 2.45) is 0 Å². The normalized spacial score (nSPS) is 11.4. The third-order valence-electron chi connectivity index (χ3n) is 3.73. The zero-order valence-electron chi connectivity index (χ0n) is 14.8. The van der Waals surface area contributed by atoms with E-state index in [0.717, 1.165) is 17.7 Å². The molecule has 1 aromatic heterocycles. The first-order valence-corrected chi connectivity index (χ1v) is 8.31. The minimum atomic E-state index is 0.0472. The van der Waals surface area contributed by atoms with Crippen molar-refractivity contribution >= 4 is 23.0 Å². The van der Waals surface area contributed by atoms with Crippen LogP contribution in [0.1, 0.15) is 24.9 Å². The Morgan fingerprint density at radius 2 is 1.84 bits per heavy atom. The number of anilines is 1. The van der Waals surface area contributed by atoms with Crippen molar-refractivity contribution < 1.29 is 14.2 Å². The summed E-state index contributed by atoms with van der Waals surface area (Å²) in [6.07, 6.45) is 2.53. The lowest BCUT2D eigenvalue weighted by molar-refractivity contribution is 0.354. The Morgan fingerprint density at radius 3 is 2.40 bits per heavy atom. The van der Waals surface area contributed by atoms with E-state index in [-0.39, 0.29) is 6.04 Å². The second-order valence-electron chi connectivity index (χ2n) is 5.26. The summed E-state index contributed by atoms with van der Waals surface area (Å²) in [4.78, 5) is 4.15. The molecule has 2 N–H and O–H groups in total. The predicted molar refractivity (Wildman–Crippen MR) is 103 cm³/mol. The molecule has 0 amide bonds. The fourth-order valence-corrected chi connectivity index (χ4v) is 2.65. The lowest BCUT2D eigenvalue weighted by atomic mass is 10.0. The SMILES string of the molecule is CC[C@@H](NC(=S)Nc1ccc(OC)nc1)c1ccc(OC)c(OC)c1. The molecule has 0 bridgehead atoms. The van der Waals surface area contributed by atoms with Gasteiger partial charge in [0.15, 0.2) is 16.6 Å². The van der Waals surface area contributed by atoms with E-state index in [1.54, 1.807) is 33.6 Å². The van der Waals surface area contributed by atoms with Gasteiger partial charge in [-0.2, -0.15) is 0 Å². The van der Waals surface area contributed by atoms with Gasteiger partial charge in [0.25, 0.3) is 0 Å². The fourth-order valence-electron chi connectivity index (χ4n) is 2.39. The summed E-state index contributed by atoms with van der Waals surface area (Å²) in [5.74, 6) is 1.95. The first-order chi connectivity index (χ1) is 12.1. The van der Waals surface area contributed by atoms with Crippen LogP contribution in [0.25, 0.3) is 0 Å². The van der Waals surface area contributed by atoms with Crippen LogP contribution in [0.3, 0.4) is 0 Å². The van der Waals surface area contributed by atoms with E-state index >= 15 is 0 Å². The second kappa shape index (κ2) is 9.08. The molecule has 1 heterocycles. The van der Waals surface area contributed by atoms with Crippen LogP contribution in [0.5, 0.6) is 17.4 Å². The molecule has 0 fully saturated rings. The number of methoxy groups -OCH3 is 3. The van der Waals surface area contributed by atoms with Gasteiger partial charge in [-0.25, -0.2) is 4.98 Å². The molecule has 0 unspecified atom stereocenters. The Labute approximate surface area is 153 Å². The van der Waals surface area contributed by atoms with E-state index < -0.39 is 0 Å². The molecule has 0 saturated carbocycles. The largest absolute Gasteiger partial charge is 0.493 e. The van der Waals surface area contributed by atoms with Gasteiger partial charge in [0.05, 0.1) is 39.3 Å². The lowest BCUT2D eigenvalue weighted by Crippen LogP contribution is -2.32. The highest BCUT2D eigenvalue weighted by Crippen LogP contribution is 2.30. The van der Waals surface area contributed by atoms with E-state index in [4.69, 9.17) is 26.4 Å². The third-order valence-corrected chi connectivity index (χ3v) is 3.95. The molecule has 0 saturated heterocycles. The van der Waals surface area contributed by atoms with Crippen molar-refractivity contribution in [1.29, 1.82) is 0 Å². The van der Waals surface area contributed by atoms with E-state index in [1.165, 1.54) is 0 Å². The summed E-state index contributed by atoms with van der Waals surface area (Å²) in [6.45, 7) is 2.09. The molecule has 2 aromatic rings. The fraction of sp³-hybridized carbons (Fsp3) is 0.333. The highest BCUT2D eigenvalue weighted by molar-refractivity contribution is 7.80. The molecule has 0 aliphatic rings. The van der Waals surface area contributed by atoms with Gasteiger partial charge in [0.2, 0.25) is 5.88 Å². The van der Waals surface area contributed by atoms with Crippen LogP contribution in [0.4, 0.5) is 5.69 Å². The van der Waals surface area contributed by atoms with Gasteiger partial charge in [-0.05, 0) is 42.4 Å². The lowest BCUT2D eigenvalue weighted by Gasteiger charge is -2.21. The smallest absolute Gasteiger partial charge is 0.213 e. The molecule has 0 aliphatic carbocycles. The summed E-state index contributed by atoms with van der Waals surface area (Å²) in [7, 11) is 4.82. The molecular formula is C18H23N3O3S. The van der Waals surface area contributed by atoms with Crippen molar-refractivity contribution in [2.75, 3.05) is 26.6 Å². The molecule has 6 nitrogen and oxygen atoms in total. The summed E-state index contributed by atoms with van der Waals surface area (Å²) >= 11 is 5.41. The minimum Gasteiger partial charge on any atom is -0.493 e. The number of rotatable bonds is 7. The monoisotopic (exact) mass is 361 g/mol. The van der Waals surface area contributed by atoms with Crippen molar-refractivity contribution in [3.8, 4) is 17.4 Å². The van der Waals surface area contributed by atoms with Gasteiger partial charge in [0, 0.05) is 6.07 Å². The second-order valence-corrected chi connectivity index (χ2v) is 5.67. The molecule has 1 atom stereocenters. The Kier molecular flexibility index (Phi) is 6.82. The van der Waals surface area contributed by atoms with Crippen molar-refractivity contribution in [1.82, 2.24) is 10.3 Å². The van der Waals surface area contributed by atoms with Gasteiger partial charge < -0.3 is 24.8 Å². The first-order valence-electron chi connectivity index (χ1n) is 7.90. The Bertz CT molecular complexity index is 707. The number of nitrogens with one attached hydrogen (secondary N) is 2. The highest BCUT2D eigenvalue weighted by Gasteiger charge is 2.14. The van der Waals surface area contributed by atoms with Crippen molar-refractivity contribution in [3.63, 3.8) is 0 Å². The molecule has 2 rings (SSSR count). The Balaban J connectivity index is 2.06. The van der Waals surface area contributed by atoms with Gasteiger partial charge in [0.1, 0.15) is 0 Å². The third kappa shape index (κ3) is 4.96. The molecule has 0 radical (unpaired) electrons. The van der Waals surface area contributed by atoms with E-state index in [1.807, 2.05) is 24.3 Å². The van der Waals surface area contributed by atoms with Crippen LogP contribution < -0.4 is 24.8 Å². The van der Waals surface area contributed by atoms with Crippen molar-refractivity contribution in [3.05, 3.63) is 42.1 Å². The average molecular weight is 361 g/mol. The topological polar surface area (TPSA) is 64.6 Å². The van der Waals surface area contributed by atoms with Crippen molar-refractivity contribution in [2.45, 2.75) is 19.4 Å². The van der Waals surface area contributed by atoms with E-state index in [9.17, 15) is 0 Å². The molecule has 25 heavy (non-hydrogen) atoms. The number of aromatic nitrogens is 1. The maximum atomic E-state index is 5.41. The Morgan fingerprint density at radius 1 is 1.08 bits per heavy atom. The number of hydrogen-bond donors (Lipinski definition) is 2. The average Bonchev–Trinajstić information content (AvgIpc) is 2.66. The Hall–Kier alpha value is -2.54. The van der Waals surface area contributed by atoms with Crippen LogP contribution >= 0.6 is 12.2 Å². The van der Waals surface area contributed by atoms with Crippen LogP contribution in [0.2, 0.25) is 0 Å². The standard InChI is InChI=1S/C18H23N3O3S/c1-5-14(12-6-8-15(22-2)16(10-12)23-3)21-18(25)20-13-7-9-17(24-4)19-11-13/h6-11,14H,5H2,1-4H3,(H2,20,21,25)/t14-/m1/s1. The molecule has 134 valence electrons. The maximum absolute atomic E-state index is 5.41. The van der Waals surface area contributed by atoms with Gasteiger partial charge in [-0.3, -0.25) is 0 Å². The summed E-state index contributed by atoms with van der Waals surface area (Å²) in [5.41, 5.74) is 1.86. The number of pyridine rings is 1. The number of nitrogens with zero attached hydrogens (tertiary/aromatic N) is 1. The zero-order valence-corrected chi connectivity index (χ0v) is 15.6. The van der Waals surface area contributed by atoms with E-state index in [0.29, 0.717) is 22.5 Å². The van der Waals surface area contributed by atoms with E-state index in [2.05, 4.69) is 22.5 Å². The summed E-state index contributed by atoms with van der Waals surface area (Å²) in [6, 6.07) is 9.53. The number of benzene rings is 1. The zero-order chi connectivity index (χ0) is 18.2. The predicted octanol–water partition coefficient (Wildman–Crippen LogP) is 3.55. The minimum absolute atomic E-state index is 0.0472. The molecule has 0 spiro atoms. The number of hydrogen-bond acceptors (Lipinski definition) is 5. The van der Waals surface area contributed by atoms with Gasteiger partial charge >= 0.3 is 0 Å². The number of ether oxygens (including phenoxy) is 3. The van der Waals surface area contributed by atoms with Crippen LogP contribution in [0.15, 0.2) is 36.5 Å². The van der Waals surface area contributed by atoms with Crippen LogP contribution in [-0.2, 0) is 0 Å². The molecule has 7 heteroatoms. The number of thiocarbonyl (C=S) groups is 1. The van der Waals surface area contributed by atoms with Gasteiger partial charge in [-0.15, -0.1) is 0 Å².